The van der Waals surface area contributed by atoms with Crippen LogP contribution in [-0.4, -0.2) is 24.4 Å². The Morgan fingerprint density at radius 3 is 2.33 bits per heavy atom. The van der Waals surface area contributed by atoms with Crippen LogP contribution in [0.25, 0.3) is 0 Å². The van der Waals surface area contributed by atoms with E-state index in [1.165, 1.54) is 13.3 Å². The minimum Gasteiger partial charge on any atom is -0.501 e. The van der Waals surface area contributed by atoms with E-state index in [9.17, 15) is 5.02 Å². The minimum atomic E-state index is -1.39. The molecule has 6 heteroatoms. The second-order valence-electron chi connectivity index (χ2n) is 3.39. The molecule has 0 spiro atoms. The normalized spacial score (nSPS) is 9.67. The van der Waals surface area contributed by atoms with E-state index in [0.717, 1.165) is 0 Å². The molecule has 0 atom stereocenters. The minimum absolute atomic E-state index is 0.388. The molecule has 92 valence electrons. The van der Waals surface area contributed by atoms with E-state index in [-0.39, 0.29) is 0 Å². The lowest BCUT2D eigenvalue weighted by molar-refractivity contribution is 0.296. The topological polar surface area (TPSA) is 60.8 Å². The summed E-state index contributed by atoms with van der Waals surface area (Å²) < 4.78 is 15.2. The zero-order valence-electron chi connectivity index (χ0n) is 9.82. The summed E-state index contributed by atoms with van der Waals surface area (Å²) in [7, 11) is 0.138. The molecule has 0 radical (unpaired) electrons. The Hall–Kier alpha value is -2.21. The van der Waals surface area contributed by atoms with Gasteiger partial charge in [-0.2, -0.15) is 0 Å². The number of methoxy groups -OCH3 is 1. The number of pyridine rings is 1. The second-order valence-corrected chi connectivity index (χ2v) is 3.39. The van der Waals surface area contributed by atoms with Crippen molar-refractivity contribution in [2.75, 3.05) is 7.11 Å². The number of ether oxygens (including phenoxy) is 1. The highest BCUT2D eigenvalue weighted by Gasteiger charge is 2.21. The molecule has 1 aromatic heterocycles. The first-order chi connectivity index (χ1) is 8.78. The van der Waals surface area contributed by atoms with Gasteiger partial charge in [-0.15, -0.1) is 0 Å². The third kappa shape index (κ3) is 3.39. The van der Waals surface area contributed by atoms with Crippen LogP contribution in [0.2, 0.25) is 0 Å². The summed E-state index contributed by atoms with van der Waals surface area (Å²) in [5, 5.41) is 9.58. The predicted molar refractivity (Wildman–Crippen MR) is 66.5 cm³/mol. The van der Waals surface area contributed by atoms with Gasteiger partial charge in [0.15, 0.2) is 0 Å². The Kier molecular flexibility index (Phi) is 4.04. The fourth-order valence-corrected chi connectivity index (χ4v) is 1.31. The Morgan fingerprint density at radius 2 is 1.72 bits per heavy atom. The summed E-state index contributed by atoms with van der Waals surface area (Å²) in [4.78, 5) is 3.94. The molecular weight excluding hydrogens is 233 g/mol. The van der Waals surface area contributed by atoms with Gasteiger partial charge in [0.25, 0.3) is 0 Å². The number of hydrogen-bond donors (Lipinski definition) is 1. The Bertz CT molecular complexity index is 477. The van der Waals surface area contributed by atoms with Crippen molar-refractivity contribution in [3.8, 4) is 17.4 Å². The van der Waals surface area contributed by atoms with Gasteiger partial charge in [-0.05, 0) is 18.2 Å². The second kappa shape index (κ2) is 5.93. The molecule has 0 unspecified atom stereocenters. The van der Waals surface area contributed by atoms with Crippen LogP contribution in [-0.2, 0) is 0 Å². The van der Waals surface area contributed by atoms with Gasteiger partial charge in [-0.25, -0.2) is 4.98 Å². The van der Waals surface area contributed by atoms with E-state index in [0.29, 0.717) is 17.4 Å². The van der Waals surface area contributed by atoms with Crippen molar-refractivity contribution in [1.82, 2.24) is 4.98 Å². The van der Waals surface area contributed by atoms with Crippen LogP contribution in [0.3, 0.4) is 0 Å². The molecule has 1 N–H and O–H groups in total. The molecular formula is C12H12BNO4. The third-order valence-electron chi connectivity index (χ3n) is 2.14. The van der Waals surface area contributed by atoms with Crippen LogP contribution in [0.1, 0.15) is 0 Å². The van der Waals surface area contributed by atoms with Crippen molar-refractivity contribution in [2.45, 2.75) is 0 Å². The highest BCUT2D eigenvalue weighted by Crippen LogP contribution is 2.15. The monoisotopic (exact) mass is 245 g/mol. The van der Waals surface area contributed by atoms with Gasteiger partial charge in [-0.3, -0.25) is 0 Å². The molecule has 5 nitrogen and oxygen atoms in total. The molecule has 2 aromatic rings. The number of aromatic nitrogens is 1. The molecule has 0 aliphatic rings. The van der Waals surface area contributed by atoms with Crippen LogP contribution in [0, 0.1) is 0 Å². The number of hydrogen-bond acceptors (Lipinski definition) is 5. The van der Waals surface area contributed by atoms with E-state index in [1.807, 2.05) is 6.07 Å². The van der Waals surface area contributed by atoms with Gasteiger partial charge in [0.1, 0.15) is 11.5 Å². The maximum absolute atomic E-state index is 9.58. The highest BCUT2D eigenvalue weighted by molar-refractivity contribution is 6.36. The van der Waals surface area contributed by atoms with Crippen LogP contribution in [0.15, 0.2) is 48.7 Å². The van der Waals surface area contributed by atoms with Crippen molar-refractivity contribution in [1.29, 1.82) is 0 Å². The molecule has 0 saturated heterocycles. The largest absolute Gasteiger partial charge is 0.785 e. The molecule has 0 bridgehead atoms. The van der Waals surface area contributed by atoms with E-state index < -0.39 is 7.32 Å². The van der Waals surface area contributed by atoms with Gasteiger partial charge in [0.2, 0.25) is 5.88 Å². The van der Waals surface area contributed by atoms with Gasteiger partial charge in [0.05, 0.1) is 13.3 Å². The average Bonchev–Trinajstić information content (AvgIpc) is 2.40. The zero-order valence-corrected chi connectivity index (χ0v) is 9.82. The summed E-state index contributed by atoms with van der Waals surface area (Å²) in [6.07, 6.45) is 1.44. The van der Waals surface area contributed by atoms with E-state index >= 15 is 0 Å². The molecule has 0 saturated carbocycles. The standard InChI is InChI=1S/C12H12BNO4/c1-16-12-8-7-11(9-14-12)18-13(15)17-10-5-3-2-4-6-10/h2-9,15H,1H3. The lowest BCUT2D eigenvalue weighted by Crippen LogP contribution is -2.29. The smallest absolute Gasteiger partial charge is 0.501 e. The maximum atomic E-state index is 9.58. The summed E-state index contributed by atoms with van der Waals surface area (Å²) in [6.45, 7) is 0. The number of benzene rings is 1. The van der Waals surface area contributed by atoms with Gasteiger partial charge in [-0.1, -0.05) is 18.2 Å². The number of para-hydroxylation sites is 1. The van der Waals surface area contributed by atoms with Crippen molar-refractivity contribution in [2.24, 2.45) is 0 Å². The van der Waals surface area contributed by atoms with E-state index in [1.54, 1.807) is 36.4 Å². The van der Waals surface area contributed by atoms with Gasteiger partial charge >= 0.3 is 7.32 Å². The molecule has 1 aromatic carbocycles. The van der Waals surface area contributed by atoms with Gasteiger partial charge < -0.3 is 19.1 Å². The average molecular weight is 245 g/mol. The number of rotatable bonds is 5. The molecule has 0 amide bonds. The lowest BCUT2D eigenvalue weighted by atomic mass is 10.2. The molecule has 1 heterocycles. The van der Waals surface area contributed by atoms with Crippen LogP contribution in [0.4, 0.5) is 0 Å². The number of nitrogens with zero attached hydrogens (tertiary/aromatic N) is 1. The quantitative estimate of drug-likeness (QED) is 0.809. The molecule has 0 aliphatic heterocycles. The lowest BCUT2D eigenvalue weighted by Gasteiger charge is -2.10. The fraction of sp³-hybridized carbons (Fsp3) is 0.0833. The first-order valence-electron chi connectivity index (χ1n) is 5.34. The molecule has 2 rings (SSSR count). The molecule has 18 heavy (non-hydrogen) atoms. The first-order valence-corrected chi connectivity index (χ1v) is 5.34. The third-order valence-corrected chi connectivity index (χ3v) is 2.14. The Labute approximate surface area is 105 Å². The summed E-state index contributed by atoms with van der Waals surface area (Å²) >= 11 is 0. The van der Waals surface area contributed by atoms with Crippen LogP contribution < -0.4 is 14.0 Å². The zero-order chi connectivity index (χ0) is 12.8. The fourth-order valence-electron chi connectivity index (χ4n) is 1.31. The van der Waals surface area contributed by atoms with Crippen molar-refractivity contribution in [3.05, 3.63) is 48.7 Å². The van der Waals surface area contributed by atoms with E-state index in [2.05, 4.69) is 4.98 Å². The summed E-state index contributed by atoms with van der Waals surface area (Å²) in [5.41, 5.74) is 0. The van der Waals surface area contributed by atoms with E-state index in [4.69, 9.17) is 14.0 Å². The summed E-state index contributed by atoms with van der Waals surface area (Å²) in [5.74, 6) is 1.38. The Balaban J connectivity index is 1.92. The molecule has 0 fully saturated rings. The van der Waals surface area contributed by atoms with Crippen molar-refractivity contribution < 1.29 is 19.1 Å². The molecule has 0 aliphatic carbocycles. The van der Waals surface area contributed by atoms with Crippen molar-refractivity contribution in [3.63, 3.8) is 0 Å². The maximum Gasteiger partial charge on any atom is 0.785 e. The summed E-state index contributed by atoms with van der Waals surface area (Å²) in [6, 6.07) is 12.2. The first kappa shape index (κ1) is 12.3. The van der Waals surface area contributed by atoms with Crippen LogP contribution in [0.5, 0.6) is 17.4 Å². The Morgan fingerprint density at radius 1 is 1.00 bits per heavy atom. The van der Waals surface area contributed by atoms with Gasteiger partial charge in [0, 0.05) is 6.07 Å². The SMILES string of the molecule is COc1ccc(OB(O)Oc2ccccc2)cn1. The van der Waals surface area contributed by atoms with Crippen LogP contribution >= 0.6 is 0 Å². The predicted octanol–water partition coefficient (Wildman–Crippen LogP) is 1.53. The highest BCUT2D eigenvalue weighted by atomic mass is 16.7. The van der Waals surface area contributed by atoms with Crippen molar-refractivity contribution >= 4 is 7.32 Å².